The molecule has 0 aromatic carbocycles. The van der Waals surface area contributed by atoms with Crippen molar-refractivity contribution in [1.29, 1.82) is 0 Å². The molecule has 3 aliphatic rings. The van der Waals surface area contributed by atoms with Crippen LogP contribution in [0, 0.1) is 11.8 Å². The van der Waals surface area contributed by atoms with E-state index in [-0.39, 0.29) is 0 Å². The second kappa shape index (κ2) is 6.86. The molecule has 0 spiro atoms. The monoisotopic (exact) mass is 368 g/mol. The van der Waals surface area contributed by atoms with Gasteiger partial charge in [-0.15, -0.1) is 0 Å². The van der Waals surface area contributed by atoms with Crippen molar-refractivity contribution >= 4 is 5.82 Å². The fourth-order valence-electron chi connectivity index (χ4n) is 4.63. The molecule has 1 saturated carbocycles. The number of aromatic nitrogens is 4. The molecule has 0 amide bonds. The summed E-state index contributed by atoms with van der Waals surface area (Å²) in [6, 6.07) is 2.23. The zero-order valence-electron chi connectivity index (χ0n) is 16.2. The van der Waals surface area contributed by atoms with Crippen LogP contribution in [0.1, 0.15) is 62.4 Å². The van der Waals surface area contributed by atoms with E-state index in [4.69, 9.17) is 4.52 Å². The average Bonchev–Trinajstić information content (AvgIpc) is 3.28. The van der Waals surface area contributed by atoms with E-state index in [9.17, 15) is 0 Å². The van der Waals surface area contributed by atoms with Gasteiger partial charge in [0.15, 0.2) is 5.82 Å². The standard InChI is InChI=1S/C20H28N6O/c1-13(2)20-23-19(27-24-20)11-25-7-15-9-26(10-16(15)8-25)18-6-17(21-12-22-18)14-4-3-5-14/h6,12-16H,3-5,7-11H2,1-2H3. The molecular formula is C20H28N6O. The Kier molecular flexibility index (Phi) is 4.34. The summed E-state index contributed by atoms with van der Waals surface area (Å²) in [5.74, 6) is 5.03. The van der Waals surface area contributed by atoms with Crippen LogP contribution in [-0.4, -0.2) is 51.2 Å². The first-order chi connectivity index (χ1) is 13.2. The van der Waals surface area contributed by atoms with Crippen LogP contribution < -0.4 is 4.90 Å². The largest absolute Gasteiger partial charge is 0.356 e. The van der Waals surface area contributed by atoms with Gasteiger partial charge in [-0.2, -0.15) is 4.98 Å². The first kappa shape index (κ1) is 17.1. The van der Waals surface area contributed by atoms with Gasteiger partial charge in [-0.05, 0) is 24.7 Å². The van der Waals surface area contributed by atoms with Crippen molar-refractivity contribution in [3.05, 3.63) is 29.8 Å². The quantitative estimate of drug-likeness (QED) is 0.803. The number of anilines is 1. The molecule has 0 radical (unpaired) electrons. The summed E-state index contributed by atoms with van der Waals surface area (Å²) < 4.78 is 5.42. The van der Waals surface area contributed by atoms with Gasteiger partial charge in [0, 0.05) is 49.8 Å². The molecule has 0 N–H and O–H groups in total. The molecule has 1 aliphatic carbocycles. The van der Waals surface area contributed by atoms with Crippen molar-refractivity contribution in [2.75, 3.05) is 31.1 Å². The van der Waals surface area contributed by atoms with E-state index in [0.717, 1.165) is 50.3 Å². The minimum Gasteiger partial charge on any atom is -0.356 e. The Hall–Kier alpha value is -2.02. The maximum atomic E-state index is 5.42. The van der Waals surface area contributed by atoms with Gasteiger partial charge in [-0.25, -0.2) is 9.97 Å². The van der Waals surface area contributed by atoms with Crippen LogP contribution in [-0.2, 0) is 6.54 Å². The van der Waals surface area contributed by atoms with Gasteiger partial charge in [0.1, 0.15) is 12.1 Å². The zero-order valence-corrected chi connectivity index (χ0v) is 16.2. The van der Waals surface area contributed by atoms with Gasteiger partial charge in [-0.1, -0.05) is 25.4 Å². The normalized spacial score (nSPS) is 26.0. The second-order valence-electron chi connectivity index (χ2n) is 8.75. The SMILES string of the molecule is CC(C)c1noc(CN2CC3CN(c4cc(C5CCC5)ncn4)CC3C2)n1. The van der Waals surface area contributed by atoms with Crippen LogP contribution in [0.4, 0.5) is 5.82 Å². The highest BCUT2D eigenvalue weighted by atomic mass is 16.5. The Morgan fingerprint density at radius 3 is 2.52 bits per heavy atom. The van der Waals surface area contributed by atoms with Crippen LogP contribution in [0.2, 0.25) is 0 Å². The van der Waals surface area contributed by atoms with Crippen molar-refractivity contribution in [3.8, 4) is 0 Å². The minimum atomic E-state index is 0.312. The summed E-state index contributed by atoms with van der Waals surface area (Å²) in [6.07, 6.45) is 5.66. The minimum absolute atomic E-state index is 0.312. The van der Waals surface area contributed by atoms with E-state index in [0.29, 0.717) is 23.7 Å². The van der Waals surface area contributed by atoms with Crippen molar-refractivity contribution in [1.82, 2.24) is 25.0 Å². The lowest BCUT2D eigenvalue weighted by Crippen LogP contribution is -2.29. The second-order valence-corrected chi connectivity index (χ2v) is 8.75. The number of hydrogen-bond donors (Lipinski definition) is 0. The molecule has 0 bridgehead atoms. The van der Waals surface area contributed by atoms with Crippen LogP contribution in [0.15, 0.2) is 16.9 Å². The van der Waals surface area contributed by atoms with Crippen LogP contribution in [0.5, 0.6) is 0 Å². The smallest absolute Gasteiger partial charge is 0.240 e. The van der Waals surface area contributed by atoms with Gasteiger partial charge in [0.05, 0.1) is 6.54 Å². The van der Waals surface area contributed by atoms with Gasteiger partial charge in [0.2, 0.25) is 5.89 Å². The van der Waals surface area contributed by atoms with Crippen LogP contribution >= 0.6 is 0 Å². The van der Waals surface area contributed by atoms with Gasteiger partial charge < -0.3 is 9.42 Å². The molecule has 4 heterocycles. The highest BCUT2D eigenvalue weighted by Gasteiger charge is 2.41. The Bertz CT molecular complexity index is 787. The first-order valence-electron chi connectivity index (χ1n) is 10.3. The van der Waals surface area contributed by atoms with E-state index >= 15 is 0 Å². The molecule has 2 atom stereocenters. The lowest BCUT2D eigenvalue weighted by atomic mass is 9.83. The van der Waals surface area contributed by atoms with E-state index < -0.39 is 0 Å². The Balaban J connectivity index is 1.19. The fourth-order valence-corrected chi connectivity index (χ4v) is 4.63. The van der Waals surface area contributed by atoms with E-state index in [1.54, 1.807) is 6.33 Å². The number of rotatable bonds is 5. The molecule has 3 fully saturated rings. The van der Waals surface area contributed by atoms with Gasteiger partial charge in [-0.3, -0.25) is 4.90 Å². The molecule has 7 heteroatoms. The molecule has 2 aromatic rings. The molecule has 2 saturated heterocycles. The number of fused-ring (bicyclic) bond motifs is 1. The van der Waals surface area contributed by atoms with E-state index in [2.05, 4.69) is 49.8 Å². The van der Waals surface area contributed by atoms with Crippen LogP contribution in [0.3, 0.4) is 0 Å². The third-order valence-electron chi connectivity index (χ3n) is 6.44. The summed E-state index contributed by atoms with van der Waals surface area (Å²) in [6.45, 7) is 9.32. The maximum Gasteiger partial charge on any atom is 0.240 e. The Morgan fingerprint density at radius 1 is 1.11 bits per heavy atom. The summed E-state index contributed by atoms with van der Waals surface area (Å²) in [7, 11) is 0. The fraction of sp³-hybridized carbons (Fsp3) is 0.700. The molecule has 2 aliphatic heterocycles. The summed E-state index contributed by atoms with van der Waals surface area (Å²) in [5.41, 5.74) is 1.24. The molecule has 2 aromatic heterocycles. The maximum absolute atomic E-state index is 5.42. The van der Waals surface area contributed by atoms with Crippen molar-refractivity contribution < 1.29 is 4.52 Å². The molecule has 144 valence electrons. The molecule has 5 rings (SSSR count). The Morgan fingerprint density at radius 2 is 1.89 bits per heavy atom. The van der Waals surface area contributed by atoms with Gasteiger partial charge in [0.25, 0.3) is 0 Å². The van der Waals surface area contributed by atoms with E-state index in [1.165, 1.54) is 25.0 Å². The molecular weight excluding hydrogens is 340 g/mol. The third kappa shape index (κ3) is 3.33. The lowest BCUT2D eigenvalue weighted by Gasteiger charge is -2.26. The van der Waals surface area contributed by atoms with Crippen LogP contribution in [0.25, 0.3) is 0 Å². The number of hydrogen-bond acceptors (Lipinski definition) is 7. The third-order valence-corrected chi connectivity index (χ3v) is 6.44. The highest BCUT2D eigenvalue weighted by molar-refractivity contribution is 5.42. The van der Waals surface area contributed by atoms with Crippen molar-refractivity contribution in [3.63, 3.8) is 0 Å². The Labute approximate surface area is 160 Å². The topological polar surface area (TPSA) is 71.2 Å². The highest BCUT2D eigenvalue weighted by Crippen LogP contribution is 2.38. The summed E-state index contributed by atoms with van der Waals surface area (Å²) in [5, 5.41) is 4.08. The zero-order chi connectivity index (χ0) is 18.4. The average molecular weight is 368 g/mol. The summed E-state index contributed by atoms with van der Waals surface area (Å²) >= 11 is 0. The molecule has 7 nitrogen and oxygen atoms in total. The predicted octanol–water partition coefficient (Wildman–Crippen LogP) is 2.82. The van der Waals surface area contributed by atoms with Crippen molar-refractivity contribution in [2.45, 2.75) is 51.5 Å². The lowest BCUT2D eigenvalue weighted by molar-refractivity contribution is 0.254. The summed E-state index contributed by atoms with van der Waals surface area (Å²) in [4.78, 5) is 18.5. The first-order valence-corrected chi connectivity index (χ1v) is 10.3. The van der Waals surface area contributed by atoms with Crippen molar-refractivity contribution in [2.24, 2.45) is 11.8 Å². The number of likely N-dealkylation sites (tertiary alicyclic amines) is 1. The predicted molar refractivity (Wildman–Crippen MR) is 101 cm³/mol. The molecule has 27 heavy (non-hydrogen) atoms. The number of nitrogens with zero attached hydrogens (tertiary/aromatic N) is 6. The molecule has 2 unspecified atom stereocenters. The van der Waals surface area contributed by atoms with Gasteiger partial charge >= 0.3 is 0 Å². The van der Waals surface area contributed by atoms with E-state index in [1.807, 2.05) is 0 Å².